The average molecular weight is 766 g/mol. The monoisotopic (exact) mass is 765 g/mol. The van der Waals surface area contributed by atoms with E-state index in [1.165, 1.54) is 94.0 Å². The summed E-state index contributed by atoms with van der Waals surface area (Å²) in [5, 5.41) is 5.04. The van der Waals surface area contributed by atoms with Crippen LogP contribution in [0.1, 0.15) is 25.0 Å². The van der Waals surface area contributed by atoms with Gasteiger partial charge in [-0.3, -0.25) is 0 Å². The zero-order valence-corrected chi connectivity index (χ0v) is 33.8. The molecule has 0 N–H and O–H groups in total. The van der Waals surface area contributed by atoms with Crippen LogP contribution in [-0.2, 0) is 5.41 Å². The number of fused-ring (bicyclic) bond motifs is 5. The van der Waals surface area contributed by atoms with Gasteiger partial charge >= 0.3 is 0 Å². The third-order valence-corrected chi connectivity index (χ3v) is 12.7. The lowest BCUT2D eigenvalue weighted by Crippen LogP contribution is -2.16. The van der Waals surface area contributed by atoms with Crippen molar-refractivity contribution >= 4 is 38.6 Å². The molecule has 0 atom stereocenters. The molecule has 0 unspecified atom stereocenters. The Balaban J connectivity index is 1.09. The van der Waals surface area contributed by atoms with Crippen LogP contribution >= 0.6 is 0 Å². The van der Waals surface area contributed by atoms with Crippen molar-refractivity contribution in [3.63, 3.8) is 0 Å². The van der Waals surface area contributed by atoms with Crippen LogP contribution in [0.25, 0.3) is 77.2 Å². The second-order valence-electron chi connectivity index (χ2n) is 16.4. The molecule has 0 saturated carbocycles. The van der Waals surface area contributed by atoms with E-state index >= 15 is 0 Å². The van der Waals surface area contributed by atoms with Crippen LogP contribution in [0.5, 0.6) is 0 Å². The average Bonchev–Trinajstić information content (AvgIpc) is 3.55. The minimum absolute atomic E-state index is 0.137. The molecule has 1 nitrogen and oxygen atoms in total. The maximum atomic E-state index is 2.53. The Bertz CT molecular complexity index is 3050. The summed E-state index contributed by atoms with van der Waals surface area (Å²) in [6.07, 6.45) is 0. The normalized spacial score (nSPS) is 12.6. The van der Waals surface area contributed by atoms with E-state index in [0.29, 0.717) is 0 Å². The summed E-state index contributed by atoms with van der Waals surface area (Å²) >= 11 is 0. The van der Waals surface area contributed by atoms with E-state index in [1.54, 1.807) is 0 Å². The van der Waals surface area contributed by atoms with Gasteiger partial charge in [0.2, 0.25) is 0 Å². The lowest BCUT2D eigenvalue weighted by molar-refractivity contribution is 0.660. The van der Waals surface area contributed by atoms with Crippen molar-refractivity contribution in [1.29, 1.82) is 0 Å². The highest BCUT2D eigenvalue weighted by Gasteiger charge is 2.38. The molecule has 0 aromatic heterocycles. The van der Waals surface area contributed by atoms with Crippen molar-refractivity contribution in [2.45, 2.75) is 19.3 Å². The predicted molar refractivity (Wildman–Crippen MR) is 255 cm³/mol. The molecule has 11 rings (SSSR count). The summed E-state index contributed by atoms with van der Waals surface area (Å²) in [6, 6.07) is 82.4. The number of nitrogens with zero attached hydrogens (tertiary/aromatic N) is 1. The predicted octanol–water partition coefficient (Wildman–Crippen LogP) is 16.4. The van der Waals surface area contributed by atoms with Gasteiger partial charge in [-0.15, -0.1) is 0 Å². The lowest BCUT2D eigenvalue weighted by Gasteiger charge is -2.32. The molecule has 0 amide bonds. The zero-order valence-electron chi connectivity index (χ0n) is 33.8. The first-order valence-electron chi connectivity index (χ1n) is 20.9. The molecule has 0 radical (unpaired) electrons. The lowest BCUT2D eigenvalue weighted by atomic mass is 9.82. The quantitative estimate of drug-likeness (QED) is 0.156. The van der Waals surface area contributed by atoms with Gasteiger partial charge in [-0.1, -0.05) is 220 Å². The molecular weight excluding hydrogens is 723 g/mol. The Hall–Kier alpha value is -7.48. The third-order valence-electron chi connectivity index (χ3n) is 12.7. The highest BCUT2D eigenvalue weighted by Crippen LogP contribution is 2.55. The largest absolute Gasteiger partial charge is 0.309 e. The van der Waals surface area contributed by atoms with Gasteiger partial charge < -0.3 is 4.90 Å². The van der Waals surface area contributed by atoms with Crippen LogP contribution < -0.4 is 4.90 Å². The molecular formula is C59H43N. The van der Waals surface area contributed by atoms with Crippen LogP contribution in [0.4, 0.5) is 17.1 Å². The second kappa shape index (κ2) is 14.4. The third kappa shape index (κ3) is 5.85. The summed E-state index contributed by atoms with van der Waals surface area (Å²) in [4.78, 5) is 2.53. The van der Waals surface area contributed by atoms with Gasteiger partial charge in [0.1, 0.15) is 0 Å². The van der Waals surface area contributed by atoms with E-state index in [4.69, 9.17) is 0 Å². The van der Waals surface area contributed by atoms with Gasteiger partial charge in [0.15, 0.2) is 0 Å². The van der Waals surface area contributed by atoms with E-state index in [1.807, 2.05) is 0 Å². The Kier molecular flexibility index (Phi) is 8.57. The van der Waals surface area contributed by atoms with Crippen LogP contribution in [0.15, 0.2) is 224 Å². The van der Waals surface area contributed by atoms with Gasteiger partial charge in [0, 0.05) is 22.1 Å². The fourth-order valence-electron chi connectivity index (χ4n) is 9.75. The molecule has 0 heterocycles. The van der Waals surface area contributed by atoms with Gasteiger partial charge in [0.25, 0.3) is 0 Å². The molecule has 1 aliphatic carbocycles. The second-order valence-corrected chi connectivity index (χ2v) is 16.4. The van der Waals surface area contributed by atoms with Crippen LogP contribution in [0.3, 0.4) is 0 Å². The Morgan fingerprint density at radius 1 is 0.283 bits per heavy atom. The molecule has 10 aromatic carbocycles. The Labute approximate surface area is 352 Å². The minimum atomic E-state index is -0.137. The fourth-order valence-corrected chi connectivity index (χ4v) is 9.75. The number of hydrogen-bond acceptors (Lipinski definition) is 1. The van der Waals surface area contributed by atoms with Crippen LogP contribution in [0, 0.1) is 0 Å². The van der Waals surface area contributed by atoms with Crippen molar-refractivity contribution in [2.75, 3.05) is 4.90 Å². The van der Waals surface area contributed by atoms with E-state index in [0.717, 1.165) is 11.4 Å². The SMILES string of the molecule is CC1(C)c2ccccc2-c2c(N(c3ccccc3-c3ccc(-c4cccc5ccccc45)cc3)c3ccccc3-c3ccc(-c4cccc5ccccc45)cc3)cccc21. The van der Waals surface area contributed by atoms with Crippen molar-refractivity contribution in [1.82, 2.24) is 0 Å². The standard InChI is InChI=1S/C59H43N/c1-59(2)53-27-10-7-24-52(53)58-54(59)28-15-31-57(58)60(55-29-11-8-22-50(55)44-36-32-42(33-37-44)48-25-13-18-40-16-3-5-20-46(40)48)56-30-12-9-23-51(56)45-38-34-43(35-39-45)49-26-14-19-41-17-4-6-21-47(41)49/h3-39H,1-2H3. The molecule has 0 spiro atoms. The topological polar surface area (TPSA) is 3.24 Å². The molecule has 60 heavy (non-hydrogen) atoms. The molecule has 284 valence electrons. The number of para-hydroxylation sites is 2. The van der Waals surface area contributed by atoms with E-state index in [-0.39, 0.29) is 5.41 Å². The maximum absolute atomic E-state index is 2.53. The first-order chi connectivity index (χ1) is 29.5. The van der Waals surface area contributed by atoms with Crippen molar-refractivity contribution in [3.05, 3.63) is 236 Å². The van der Waals surface area contributed by atoms with Gasteiger partial charge in [-0.05, 0) is 89.8 Å². The Morgan fingerprint density at radius 2 is 0.633 bits per heavy atom. The first kappa shape index (κ1) is 35.7. The minimum Gasteiger partial charge on any atom is -0.309 e. The maximum Gasteiger partial charge on any atom is 0.0543 e. The highest BCUT2D eigenvalue weighted by atomic mass is 15.2. The number of benzene rings is 10. The van der Waals surface area contributed by atoms with E-state index in [2.05, 4.69) is 243 Å². The number of anilines is 3. The molecule has 0 saturated heterocycles. The van der Waals surface area contributed by atoms with Crippen molar-refractivity contribution < 1.29 is 0 Å². The number of hydrogen-bond donors (Lipinski definition) is 0. The summed E-state index contributed by atoms with van der Waals surface area (Å²) in [7, 11) is 0. The molecule has 0 bridgehead atoms. The summed E-state index contributed by atoms with van der Waals surface area (Å²) in [5.41, 5.74) is 18.2. The summed E-state index contributed by atoms with van der Waals surface area (Å²) < 4.78 is 0. The summed E-state index contributed by atoms with van der Waals surface area (Å²) in [6.45, 7) is 4.73. The van der Waals surface area contributed by atoms with Crippen molar-refractivity contribution in [3.8, 4) is 55.6 Å². The highest BCUT2D eigenvalue weighted by molar-refractivity contribution is 6.02. The van der Waals surface area contributed by atoms with Gasteiger partial charge in [-0.2, -0.15) is 0 Å². The molecule has 0 fully saturated rings. The fraction of sp³-hybridized carbons (Fsp3) is 0.0508. The molecule has 10 aromatic rings. The summed E-state index contributed by atoms with van der Waals surface area (Å²) in [5.74, 6) is 0. The van der Waals surface area contributed by atoms with Crippen LogP contribution in [-0.4, -0.2) is 0 Å². The van der Waals surface area contributed by atoms with E-state index < -0.39 is 0 Å². The smallest absolute Gasteiger partial charge is 0.0543 e. The number of rotatable bonds is 7. The van der Waals surface area contributed by atoms with Crippen LogP contribution in [0.2, 0.25) is 0 Å². The van der Waals surface area contributed by atoms with Crippen molar-refractivity contribution in [2.24, 2.45) is 0 Å². The zero-order chi connectivity index (χ0) is 40.2. The first-order valence-corrected chi connectivity index (χ1v) is 20.9. The van der Waals surface area contributed by atoms with Gasteiger partial charge in [0.05, 0.1) is 17.1 Å². The molecule has 0 aliphatic heterocycles. The molecule has 1 heteroatoms. The van der Waals surface area contributed by atoms with Gasteiger partial charge in [-0.25, -0.2) is 0 Å². The Morgan fingerprint density at radius 3 is 1.17 bits per heavy atom. The van der Waals surface area contributed by atoms with E-state index in [9.17, 15) is 0 Å². The molecule has 1 aliphatic rings.